The molecule has 0 N–H and O–H groups in total. The molecule has 368 valence electrons. The Morgan fingerprint density at radius 2 is 0.625 bits per heavy atom. The minimum atomic E-state index is -0.800. The number of unbranched alkanes of at least 4 members (excludes halogenated alkanes) is 25. The molecule has 0 spiro atoms. The fourth-order valence-corrected chi connectivity index (χ4v) is 7.41. The molecule has 0 radical (unpaired) electrons. The Hall–Kier alpha value is -3.15. The maximum atomic E-state index is 12.8. The predicted octanol–water partition coefficient (Wildman–Crippen LogP) is 17.8. The largest absolute Gasteiger partial charge is 0.462 e. The topological polar surface area (TPSA) is 78.9 Å². The maximum absolute atomic E-state index is 12.8. The van der Waals surface area contributed by atoms with Crippen molar-refractivity contribution in [2.75, 3.05) is 13.2 Å². The Kier molecular flexibility index (Phi) is 49.9. The normalized spacial score (nSPS) is 12.6. The highest BCUT2D eigenvalue weighted by Gasteiger charge is 2.19. The number of hydrogen-bond donors (Lipinski definition) is 0. The molecule has 0 rings (SSSR count). The van der Waals surface area contributed by atoms with Gasteiger partial charge in [-0.2, -0.15) is 0 Å². The molecule has 0 unspecified atom stereocenters. The summed E-state index contributed by atoms with van der Waals surface area (Å²) in [5.41, 5.74) is 0. The summed E-state index contributed by atoms with van der Waals surface area (Å²) >= 11 is 0. The van der Waals surface area contributed by atoms with Crippen LogP contribution in [0.15, 0.2) is 72.9 Å². The molecule has 0 bridgehead atoms. The third-order valence-corrected chi connectivity index (χ3v) is 11.4. The van der Waals surface area contributed by atoms with Crippen LogP contribution in [0, 0.1) is 0 Å². The first-order valence-electron chi connectivity index (χ1n) is 26.9. The summed E-state index contributed by atoms with van der Waals surface area (Å²) < 4.78 is 16.8. The van der Waals surface area contributed by atoms with Crippen molar-refractivity contribution in [1.29, 1.82) is 0 Å². The predicted molar refractivity (Wildman–Crippen MR) is 274 cm³/mol. The van der Waals surface area contributed by atoms with Crippen LogP contribution >= 0.6 is 0 Å². The summed E-state index contributed by atoms with van der Waals surface area (Å²) in [7, 11) is 0. The van der Waals surface area contributed by atoms with Gasteiger partial charge in [-0.1, -0.05) is 229 Å². The lowest BCUT2D eigenvalue weighted by atomic mass is 10.0. The zero-order valence-corrected chi connectivity index (χ0v) is 42.0. The summed E-state index contributed by atoms with van der Waals surface area (Å²) in [6, 6.07) is 0. The molecular formula is C58H100O6. The van der Waals surface area contributed by atoms with Crippen LogP contribution in [0.1, 0.15) is 258 Å². The Morgan fingerprint density at radius 3 is 1.03 bits per heavy atom. The quantitative estimate of drug-likeness (QED) is 0.0262. The van der Waals surface area contributed by atoms with E-state index in [4.69, 9.17) is 14.2 Å². The number of hydrogen-bond acceptors (Lipinski definition) is 6. The van der Waals surface area contributed by atoms with Gasteiger partial charge in [-0.3, -0.25) is 14.4 Å². The summed E-state index contributed by atoms with van der Waals surface area (Å²) in [5, 5.41) is 0. The maximum Gasteiger partial charge on any atom is 0.306 e. The van der Waals surface area contributed by atoms with Gasteiger partial charge in [0.25, 0.3) is 0 Å². The minimum Gasteiger partial charge on any atom is -0.462 e. The summed E-state index contributed by atoms with van der Waals surface area (Å²) in [5.74, 6) is -0.959. The first-order valence-corrected chi connectivity index (χ1v) is 26.9. The molecule has 0 aliphatic rings. The smallest absolute Gasteiger partial charge is 0.306 e. The second-order valence-corrected chi connectivity index (χ2v) is 17.8. The van der Waals surface area contributed by atoms with E-state index in [1.807, 2.05) is 0 Å². The van der Waals surface area contributed by atoms with Gasteiger partial charge in [0, 0.05) is 19.3 Å². The third kappa shape index (κ3) is 49.9. The highest BCUT2D eigenvalue weighted by Crippen LogP contribution is 2.15. The molecule has 0 amide bonds. The van der Waals surface area contributed by atoms with E-state index in [0.717, 1.165) is 89.9 Å². The van der Waals surface area contributed by atoms with E-state index in [0.29, 0.717) is 19.3 Å². The number of ether oxygens (including phenoxy) is 3. The van der Waals surface area contributed by atoms with Gasteiger partial charge >= 0.3 is 17.9 Å². The molecule has 1 atom stereocenters. The first-order chi connectivity index (χ1) is 31.5. The molecule has 0 aromatic carbocycles. The van der Waals surface area contributed by atoms with Gasteiger partial charge in [0.15, 0.2) is 6.10 Å². The van der Waals surface area contributed by atoms with Crippen molar-refractivity contribution in [3.05, 3.63) is 72.9 Å². The van der Waals surface area contributed by atoms with Gasteiger partial charge in [-0.15, -0.1) is 0 Å². The minimum absolute atomic E-state index is 0.0944. The molecule has 0 fully saturated rings. The molecule has 0 aliphatic carbocycles. The van der Waals surface area contributed by atoms with Gasteiger partial charge in [0.05, 0.1) is 0 Å². The Bertz CT molecular complexity index is 1210. The molecule has 0 heterocycles. The van der Waals surface area contributed by atoms with Crippen LogP contribution in [0.2, 0.25) is 0 Å². The SMILES string of the molecule is CC/C=C\C/C=C\C/C=C\C/C=C\C/C=C\CCCC(=O)OC[C@@H](COC(=O)CCCCCCCCCCCCCCC)OC(=O)CCCCCCC/C=C\CCCCCCCCC. The lowest BCUT2D eigenvalue weighted by molar-refractivity contribution is -0.167. The van der Waals surface area contributed by atoms with E-state index in [2.05, 4.69) is 93.7 Å². The van der Waals surface area contributed by atoms with Crippen LogP contribution in [0.25, 0.3) is 0 Å². The average molecular weight is 893 g/mol. The number of esters is 3. The van der Waals surface area contributed by atoms with Crippen molar-refractivity contribution in [3.63, 3.8) is 0 Å². The number of rotatable bonds is 48. The summed E-state index contributed by atoms with van der Waals surface area (Å²) in [6.45, 7) is 6.48. The fourth-order valence-electron chi connectivity index (χ4n) is 7.41. The van der Waals surface area contributed by atoms with E-state index in [-0.39, 0.29) is 37.5 Å². The summed E-state index contributed by atoms with van der Waals surface area (Å²) in [4.78, 5) is 38.0. The van der Waals surface area contributed by atoms with Crippen LogP contribution in [0.4, 0.5) is 0 Å². The molecule has 0 saturated carbocycles. The third-order valence-electron chi connectivity index (χ3n) is 11.4. The Labute approximate surface area is 395 Å². The lowest BCUT2D eigenvalue weighted by Crippen LogP contribution is -2.30. The molecule has 64 heavy (non-hydrogen) atoms. The number of carbonyl (C=O) groups is 3. The van der Waals surface area contributed by atoms with E-state index in [1.165, 1.54) is 122 Å². The second kappa shape index (κ2) is 52.5. The molecule has 0 aromatic heterocycles. The highest BCUT2D eigenvalue weighted by molar-refractivity contribution is 5.71. The van der Waals surface area contributed by atoms with Crippen molar-refractivity contribution < 1.29 is 28.6 Å². The van der Waals surface area contributed by atoms with Crippen molar-refractivity contribution >= 4 is 17.9 Å². The van der Waals surface area contributed by atoms with Crippen molar-refractivity contribution in [2.24, 2.45) is 0 Å². The van der Waals surface area contributed by atoms with Crippen LogP contribution in [0.5, 0.6) is 0 Å². The summed E-state index contributed by atoms with van der Waals surface area (Å²) in [6.07, 6.45) is 66.0. The lowest BCUT2D eigenvalue weighted by Gasteiger charge is -2.18. The van der Waals surface area contributed by atoms with Gasteiger partial charge < -0.3 is 14.2 Å². The van der Waals surface area contributed by atoms with E-state index in [9.17, 15) is 14.4 Å². The number of carbonyl (C=O) groups excluding carboxylic acids is 3. The van der Waals surface area contributed by atoms with Crippen molar-refractivity contribution in [1.82, 2.24) is 0 Å². The van der Waals surface area contributed by atoms with Crippen LogP contribution in [-0.2, 0) is 28.6 Å². The first kappa shape index (κ1) is 60.9. The van der Waals surface area contributed by atoms with Crippen molar-refractivity contribution in [2.45, 2.75) is 264 Å². The van der Waals surface area contributed by atoms with E-state index in [1.54, 1.807) is 0 Å². The van der Waals surface area contributed by atoms with Gasteiger partial charge in [0.2, 0.25) is 0 Å². The van der Waals surface area contributed by atoms with Gasteiger partial charge in [-0.25, -0.2) is 0 Å². The van der Waals surface area contributed by atoms with E-state index < -0.39 is 6.10 Å². The van der Waals surface area contributed by atoms with Crippen LogP contribution < -0.4 is 0 Å². The second-order valence-electron chi connectivity index (χ2n) is 17.8. The zero-order valence-electron chi connectivity index (χ0n) is 42.0. The Balaban J connectivity index is 4.47. The fraction of sp³-hybridized carbons (Fsp3) is 0.741. The zero-order chi connectivity index (χ0) is 46.5. The molecule has 0 aromatic rings. The molecular weight excluding hydrogens is 793 g/mol. The van der Waals surface area contributed by atoms with Crippen molar-refractivity contribution in [3.8, 4) is 0 Å². The van der Waals surface area contributed by atoms with Crippen LogP contribution in [0.3, 0.4) is 0 Å². The Morgan fingerprint density at radius 1 is 0.328 bits per heavy atom. The van der Waals surface area contributed by atoms with Gasteiger partial charge in [-0.05, 0) is 83.5 Å². The monoisotopic (exact) mass is 893 g/mol. The standard InChI is InChI=1S/C58H100O6/c1-4-7-10-13-16-19-22-25-27-29-31-33-36-39-42-45-48-51-57(60)63-54-55(53-62-56(59)50-47-44-41-38-35-32-24-21-18-15-12-9-6-3)64-58(61)52-49-46-43-40-37-34-30-28-26-23-20-17-14-11-8-5-2/h7,10,16,19,25,27-28,30-31,33,39,42,55H,4-6,8-9,11-15,17-18,20-24,26,29,32,34-38,40-41,43-54H2,1-3H3/b10-7-,19-16-,27-25-,30-28-,33-31-,42-39-/t55-/m1/s1. The van der Waals surface area contributed by atoms with E-state index >= 15 is 0 Å². The average Bonchev–Trinajstić information content (AvgIpc) is 3.29. The molecule has 6 heteroatoms. The van der Waals surface area contributed by atoms with Gasteiger partial charge in [0.1, 0.15) is 13.2 Å². The van der Waals surface area contributed by atoms with Crippen LogP contribution in [-0.4, -0.2) is 37.2 Å². The molecule has 0 saturated heterocycles. The highest BCUT2D eigenvalue weighted by atomic mass is 16.6. The number of allylic oxidation sites excluding steroid dienone is 12. The molecule has 6 nitrogen and oxygen atoms in total. The molecule has 0 aliphatic heterocycles.